The molecular weight excluding hydrogens is 261 g/mol. The Morgan fingerprint density at radius 2 is 2.05 bits per heavy atom. The summed E-state index contributed by atoms with van der Waals surface area (Å²) < 4.78 is 13.1. The Hall–Kier alpha value is -2.34. The summed E-state index contributed by atoms with van der Waals surface area (Å²) in [5.74, 6) is -0.369. The van der Waals surface area contributed by atoms with Crippen LogP contribution in [0.2, 0.25) is 0 Å². The van der Waals surface area contributed by atoms with Crippen LogP contribution >= 0.6 is 0 Å². The molecule has 0 aliphatic carbocycles. The topological polar surface area (TPSA) is 68.1 Å². The second kappa shape index (κ2) is 6.21. The van der Waals surface area contributed by atoms with E-state index in [-0.39, 0.29) is 17.5 Å². The second-order valence-corrected chi connectivity index (χ2v) is 4.46. The average molecular weight is 275 g/mol. The number of nitrogens with one attached hydrogen (secondary N) is 1. The predicted octanol–water partition coefficient (Wildman–Crippen LogP) is 2.98. The predicted molar refractivity (Wildman–Crippen MR) is 72.5 cm³/mol. The number of hydrogen-bond donors (Lipinski definition) is 1. The van der Waals surface area contributed by atoms with Crippen molar-refractivity contribution in [2.24, 2.45) is 0 Å². The molecular formula is C14H14FN3O2. The zero-order valence-corrected chi connectivity index (χ0v) is 10.9. The zero-order chi connectivity index (χ0) is 14.5. The van der Waals surface area contributed by atoms with Crippen LogP contribution in [0.25, 0.3) is 0 Å². The van der Waals surface area contributed by atoms with Gasteiger partial charge in [0.2, 0.25) is 0 Å². The van der Waals surface area contributed by atoms with E-state index in [4.69, 9.17) is 0 Å². The standard InChI is InChI=1S/C14H14FN3O2/c1-10(12-6-13(15)9-16-8-12)17-7-11-2-4-14(5-3-11)18(19)20/h2-6,8-10,17H,7H2,1H3. The van der Waals surface area contributed by atoms with E-state index in [0.29, 0.717) is 6.54 Å². The highest BCUT2D eigenvalue weighted by atomic mass is 19.1. The smallest absolute Gasteiger partial charge is 0.269 e. The lowest BCUT2D eigenvalue weighted by atomic mass is 10.1. The summed E-state index contributed by atoms with van der Waals surface area (Å²) in [5.41, 5.74) is 1.75. The van der Waals surface area contributed by atoms with E-state index in [9.17, 15) is 14.5 Å². The SMILES string of the molecule is CC(NCc1ccc([N+](=O)[O-])cc1)c1cncc(F)c1. The van der Waals surface area contributed by atoms with E-state index in [0.717, 1.165) is 17.3 Å². The maximum atomic E-state index is 13.1. The lowest BCUT2D eigenvalue weighted by Crippen LogP contribution is -2.18. The van der Waals surface area contributed by atoms with E-state index in [1.807, 2.05) is 6.92 Å². The van der Waals surface area contributed by atoms with Crippen molar-refractivity contribution in [1.82, 2.24) is 10.3 Å². The van der Waals surface area contributed by atoms with Gasteiger partial charge in [0.15, 0.2) is 0 Å². The van der Waals surface area contributed by atoms with Gasteiger partial charge in [-0.3, -0.25) is 15.1 Å². The molecule has 2 aromatic rings. The molecule has 1 aromatic heterocycles. The third kappa shape index (κ3) is 3.58. The van der Waals surface area contributed by atoms with Crippen molar-refractivity contribution in [3.05, 3.63) is 69.8 Å². The third-order valence-electron chi connectivity index (χ3n) is 2.99. The number of non-ortho nitro benzene ring substituents is 1. The quantitative estimate of drug-likeness (QED) is 0.672. The average Bonchev–Trinajstić information content (AvgIpc) is 2.45. The molecule has 0 saturated heterocycles. The maximum Gasteiger partial charge on any atom is 0.269 e. The number of benzene rings is 1. The van der Waals surface area contributed by atoms with Gasteiger partial charge in [0, 0.05) is 30.9 Å². The molecule has 1 unspecified atom stereocenters. The molecule has 104 valence electrons. The first-order valence-electron chi connectivity index (χ1n) is 6.13. The van der Waals surface area contributed by atoms with Crippen LogP contribution in [0.15, 0.2) is 42.7 Å². The minimum atomic E-state index is -0.432. The number of pyridine rings is 1. The van der Waals surface area contributed by atoms with Crippen LogP contribution in [0.4, 0.5) is 10.1 Å². The van der Waals surface area contributed by atoms with E-state index in [1.165, 1.54) is 18.2 Å². The third-order valence-corrected chi connectivity index (χ3v) is 2.99. The summed E-state index contributed by atoms with van der Waals surface area (Å²) >= 11 is 0. The number of nitro groups is 1. The number of nitrogens with zero attached hydrogens (tertiary/aromatic N) is 2. The molecule has 1 heterocycles. The summed E-state index contributed by atoms with van der Waals surface area (Å²) in [7, 11) is 0. The van der Waals surface area contributed by atoms with Gasteiger partial charge in [-0.05, 0) is 24.1 Å². The van der Waals surface area contributed by atoms with Crippen molar-refractivity contribution in [2.45, 2.75) is 19.5 Å². The van der Waals surface area contributed by atoms with Gasteiger partial charge >= 0.3 is 0 Å². The Morgan fingerprint density at radius 1 is 1.35 bits per heavy atom. The van der Waals surface area contributed by atoms with Gasteiger partial charge in [-0.15, -0.1) is 0 Å². The van der Waals surface area contributed by atoms with Gasteiger partial charge < -0.3 is 5.32 Å². The van der Waals surface area contributed by atoms with E-state index in [1.54, 1.807) is 18.3 Å². The van der Waals surface area contributed by atoms with Crippen LogP contribution in [-0.4, -0.2) is 9.91 Å². The van der Waals surface area contributed by atoms with Gasteiger partial charge in [0.25, 0.3) is 5.69 Å². The molecule has 1 atom stereocenters. The van der Waals surface area contributed by atoms with Gasteiger partial charge in [-0.2, -0.15) is 0 Å². The largest absolute Gasteiger partial charge is 0.306 e. The fraction of sp³-hybridized carbons (Fsp3) is 0.214. The van der Waals surface area contributed by atoms with Crippen molar-refractivity contribution in [1.29, 1.82) is 0 Å². The fourth-order valence-electron chi connectivity index (χ4n) is 1.79. The Kier molecular flexibility index (Phi) is 4.37. The molecule has 0 saturated carbocycles. The van der Waals surface area contributed by atoms with Crippen LogP contribution in [0.3, 0.4) is 0 Å². The second-order valence-electron chi connectivity index (χ2n) is 4.46. The van der Waals surface area contributed by atoms with Crippen LogP contribution in [0.1, 0.15) is 24.1 Å². The molecule has 1 N–H and O–H groups in total. The minimum Gasteiger partial charge on any atom is -0.306 e. The summed E-state index contributed by atoms with van der Waals surface area (Å²) in [6.07, 6.45) is 2.77. The molecule has 0 amide bonds. The maximum absolute atomic E-state index is 13.1. The monoisotopic (exact) mass is 275 g/mol. The molecule has 0 aliphatic heterocycles. The molecule has 0 radical (unpaired) electrons. The van der Waals surface area contributed by atoms with Crippen molar-refractivity contribution in [2.75, 3.05) is 0 Å². The fourth-order valence-corrected chi connectivity index (χ4v) is 1.79. The number of halogens is 1. The van der Waals surface area contributed by atoms with Gasteiger partial charge in [-0.25, -0.2) is 4.39 Å². The van der Waals surface area contributed by atoms with E-state index in [2.05, 4.69) is 10.3 Å². The summed E-state index contributed by atoms with van der Waals surface area (Å²) in [5, 5.41) is 13.8. The molecule has 2 rings (SSSR count). The minimum absolute atomic E-state index is 0.0617. The zero-order valence-electron chi connectivity index (χ0n) is 10.9. The molecule has 20 heavy (non-hydrogen) atoms. The number of rotatable bonds is 5. The lowest BCUT2D eigenvalue weighted by molar-refractivity contribution is -0.384. The first-order chi connectivity index (χ1) is 9.56. The number of aromatic nitrogens is 1. The van der Waals surface area contributed by atoms with Crippen LogP contribution < -0.4 is 5.32 Å². The highest BCUT2D eigenvalue weighted by Crippen LogP contribution is 2.15. The highest BCUT2D eigenvalue weighted by molar-refractivity contribution is 5.32. The number of nitro benzene ring substituents is 1. The summed E-state index contributed by atoms with van der Waals surface area (Å²) in [4.78, 5) is 13.9. The Morgan fingerprint density at radius 3 is 2.65 bits per heavy atom. The van der Waals surface area contributed by atoms with E-state index < -0.39 is 4.92 Å². The first kappa shape index (κ1) is 14.1. The molecule has 5 nitrogen and oxygen atoms in total. The molecule has 0 fully saturated rings. The van der Waals surface area contributed by atoms with Gasteiger partial charge in [-0.1, -0.05) is 12.1 Å². The van der Waals surface area contributed by atoms with E-state index >= 15 is 0 Å². The van der Waals surface area contributed by atoms with Crippen LogP contribution in [-0.2, 0) is 6.54 Å². The summed E-state index contributed by atoms with van der Waals surface area (Å²) in [6.45, 7) is 2.44. The Labute approximate surface area is 115 Å². The molecule has 0 bridgehead atoms. The van der Waals surface area contributed by atoms with Gasteiger partial charge in [0.1, 0.15) is 5.82 Å². The van der Waals surface area contributed by atoms with Gasteiger partial charge in [0.05, 0.1) is 11.1 Å². The van der Waals surface area contributed by atoms with Crippen LogP contribution in [0.5, 0.6) is 0 Å². The molecule has 6 heteroatoms. The Bertz CT molecular complexity index is 602. The number of hydrogen-bond acceptors (Lipinski definition) is 4. The molecule has 0 spiro atoms. The normalized spacial score (nSPS) is 12.1. The van der Waals surface area contributed by atoms with Crippen molar-refractivity contribution in [3.63, 3.8) is 0 Å². The Balaban J connectivity index is 1.96. The molecule has 0 aliphatic rings. The highest BCUT2D eigenvalue weighted by Gasteiger charge is 2.08. The first-order valence-corrected chi connectivity index (χ1v) is 6.13. The summed E-state index contributed by atoms with van der Waals surface area (Å²) in [6, 6.07) is 7.69. The lowest BCUT2D eigenvalue weighted by Gasteiger charge is -2.13. The van der Waals surface area contributed by atoms with Crippen molar-refractivity contribution >= 4 is 5.69 Å². The van der Waals surface area contributed by atoms with Crippen molar-refractivity contribution < 1.29 is 9.31 Å². The molecule has 1 aromatic carbocycles. The van der Waals surface area contributed by atoms with Crippen molar-refractivity contribution in [3.8, 4) is 0 Å². The van der Waals surface area contributed by atoms with Crippen LogP contribution in [0, 0.1) is 15.9 Å².